The average Bonchev–Trinajstić information content (AvgIpc) is 2.64. The molecule has 0 spiro atoms. The van der Waals surface area contributed by atoms with Crippen LogP contribution in [-0.4, -0.2) is 47.9 Å². The number of amides is 1. The molecule has 2 aromatic rings. The Labute approximate surface area is 158 Å². The molecule has 1 aliphatic heterocycles. The zero-order valence-electron chi connectivity index (χ0n) is 14.8. The number of hydrogen-bond acceptors (Lipinski definition) is 3. The van der Waals surface area contributed by atoms with Crippen molar-refractivity contribution in [2.24, 2.45) is 0 Å². The van der Waals surface area contributed by atoms with Crippen LogP contribution in [0.5, 0.6) is 0 Å². The lowest BCUT2D eigenvalue weighted by molar-refractivity contribution is -0.121. The highest BCUT2D eigenvalue weighted by Crippen LogP contribution is 2.18. The Bertz CT molecular complexity index is 762. The molecule has 1 atom stereocenters. The summed E-state index contributed by atoms with van der Waals surface area (Å²) in [5.41, 5.74) is 1.61. The van der Waals surface area contributed by atoms with E-state index in [4.69, 9.17) is 11.6 Å². The Morgan fingerprint density at radius 2 is 1.88 bits per heavy atom. The molecule has 0 bridgehead atoms. The molecule has 1 aliphatic rings. The first-order chi connectivity index (χ1) is 12.5. The van der Waals surface area contributed by atoms with E-state index in [-0.39, 0.29) is 17.8 Å². The number of halogens is 2. The standard InChI is InChI=1S/C20H23ClFN3O/c1-15(20(26)23-18-7-4-6-17(22)13-18)25-11-9-24(10-12-25)14-16-5-2-3-8-19(16)21/h2-8,13,15H,9-12,14H2,1H3,(H,23,26). The molecule has 138 valence electrons. The lowest BCUT2D eigenvalue weighted by Crippen LogP contribution is -2.52. The van der Waals surface area contributed by atoms with E-state index in [2.05, 4.69) is 15.1 Å². The van der Waals surface area contributed by atoms with Crippen LogP contribution in [0.1, 0.15) is 12.5 Å². The maximum atomic E-state index is 13.2. The fraction of sp³-hybridized carbons (Fsp3) is 0.350. The van der Waals surface area contributed by atoms with Crippen LogP contribution < -0.4 is 5.32 Å². The molecule has 1 amide bonds. The summed E-state index contributed by atoms with van der Waals surface area (Å²) in [6.45, 7) is 6.08. The van der Waals surface area contributed by atoms with Crippen molar-refractivity contribution in [1.82, 2.24) is 9.80 Å². The van der Waals surface area contributed by atoms with Crippen LogP contribution in [0.3, 0.4) is 0 Å². The summed E-state index contributed by atoms with van der Waals surface area (Å²) in [4.78, 5) is 16.9. The van der Waals surface area contributed by atoms with Crippen molar-refractivity contribution in [2.75, 3.05) is 31.5 Å². The van der Waals surface area contributed by atoms with E-state index in [9.17, 15) is 9.18 Å². The number of carbonyl (C=O) groups is 1. The molecule has 1 N–H and O–H groups in total. The van der Waals surface area contributed by atoms with Crippen LogP contribution in [0.15, 0.2) is 48.5 Å². The summed E-state index contributed by atoms with van der Waals surface area (Å²) in [6, 6.07) is 13.6. The largest absolute Gasteiger partial charge is 0.325 e. The van der Waals surface area contributed by atoms with Gasteiger partial charge in [-0.2, -0.15) is 0 Å². The Hall–Kier alpha value is -1.95. The molecule has 6 heteroatoms. The maximum Gasteiger partial charge on any atom is 0.241 e. The number of hydrogen-bond donors (Lipinski definition) is 1. The van der Waals surface area contributed by atoms with Crippen molar-refractivity contribution in [1.29, 1.82) is 0 Å². The van der Waals surface area contributed by atoms with Gasteiger partial charge in [0, 0.05) is 43.4 Å². The number of benzene rings is 2. The van der Waals surface area contributed by atoms with E-state index in [0.717, 1.165) is 43.3 Å². The van der Waals surface area contributed by atoms with Crippen LogP contribution >= 0.6 is 11.6 Å². The molecule has 0 aliphatic carbocycles. The molecule has 0 radical (unpaired) electrons. The van der Waals surface area contributed by atoms with Crippen molar-refractivity contribution in [3.05, 3.63) is 64.9 Å². The minimum Gasteiger partial charge on any atom is -0.325 e. The smallest absolute Gasteiger partial charge is 0.241 e. The molecular formula is C20H23ClFN3O. The van der Waals surface area contributed by atoms with Crippen LogP contribution in [0.25, 0.3) is 0 Å². The van der Waals surface area contributed by atoms with E-state index in [1.165, 1.54) is 12.1 Å². The Morgan fingerprint density at radius 3 is 2.58 bits per heavy atom. The van der Waals surface area contributed by atoms with Crippen LogP contribution in [0.4, 0.5) is 10.1 Å². The van der Waals surface area contributed by atoms with Crippen molar-refractivity contribution in [2.45, 2.75) is 19.5 Å². The van der Waals surface area contributed by atoms with Gasteiger partial charge in [0.25, 0.3) is 0 Å². The third-order valence-corrected chi connectivity index (χ3v) is 5.15. The monoisotopic (exact) mass is 375 g/mol. The molecule has 1 unspecified atom stereocenters. The Morgan fingerprint density at radius 1 is 1.15 bits per heavy atom. The third-order valence-electron chi connectivity index (χ3n) is 4.78. The van der Waals surface area contributed by atoms with Crippen LogP contribution in [-0.2, 0) is 11.3 Å². The van der Waals surface area contributed by atoms with Gasteiger partial charge >= 0.3 is 0 Å². The second-order valence-electron chi connectivity index (χ2n) is 6.58. The number of nitrogens with one attached hydrogen (secondary N) is 1. The van der Waals surface area contributed by atoms with Crippen LogP contribution in [0, 0.1) is 5.82 Å². The summed E-state index contributed by atoms with van der Waals surface area (Å²) in [7, 11) is 0. The average molecular weight is 376 g/mol. The van der Waals surface area contributed by atoms with Crippen molar-refractivity contribution < 1.29 is 9.18 Å². The number of rotatable bonds is 5. The van der Waals surface area contributed by atoms with Crippen LogP contribution in [0.2, 0.25) is 5.02 Å². The molecule has 0 saturated carbocycles. The van der Waals surface area contributed by atoms with E-state index >= 15 is 0 Å². The molecular weight excluding hydrogens is 353 g/mol. The Balaban J connectivity index is 1.50. The lowest BCUT2D eigenvalue weighted by atomic mass is 10.1. The summed E-state index contributed by atoms with van der Waals surface area (Å²) in [5.74, 6) is -0.473. The zero-order chi connectivity index (χ0) is 18.5. The minimum atomic E-state index is -0.358. The minimum absolute atomic E-state index is 0.116. The normalized spacial score (nSPS) is 17.0. The van der Waals surface area contributed by atoms with E-state index in [0.29, 0.717) is 5.69 Å². The van der Waals surface area contributed by atoms with E-state index < -0.39 is 0 Å². The SMILES string of the molecule is CC(C(=O)Nc1cccc(F)c1)N1CCN(Cc2ccccc2Cl)CC1. The number of anilines is 1. The van der Waals surface area contributed by atoms with Gasteiger partial charge in [0.1, 0.15) is 5.82 Å². The van der Waals surface area contributed by atoms with Crippen molar-refractivity contribution in [3.8, 4) is 0 Å². The van der Waals surface area contributed by atoms with E-state index in [1.807, 2.05) is 31.2 Å². The van der Waals surface area contributed by atoms with Gasteiger partial charge in [0.2, 0.25) is 5.91 Å². The zero-order valence-corrected chi connectivity index (χ0v) is 15.5. The molecule has 1 saturated heterocycles. The molecule has 1 fully saturated rings. The van der Waals surface area contributed by atoms with Gasteiger partial charge in [-0.1, -0.05) is 35.9 Å². The number of piperazine rings is 1. The predicted molar refractivity (Wildman–Crippen MR) is 103 cm³/mol. The highest BCUT2D eigenvalue weighted by atomic mass is 35.5. The number of carbonyl (C=O) groups excluding carboxylic acids is 1. The number of nitrogens with zero attached hydrogens (tertiary/aromatic N) is 2. The van der Waals surface area contributed by atoms with Gasteiger partial charge in [-0.15, -0.1) is 0 Å². The molecule has 2 aromatic carbocycles. The van der Waals surface area contributed by atoms with E-state index in [1.54, 1.807) is 12.1 Å². The predicted octanol–water partition coefficient (Wildman–Crippen LogP) is 3.62. The second kappa shape index (κ2) is 8.62. The van der Waals surface area contributed by atoms with Crippen molar-refractivity contribution in [3.63, 3.8) is 0 Å². The topological polar surface area (TPSA) is 35.6 Å². The van der Waals surface area contributed by atoms with Gasteiger partial charge < -0.3 is 5.32 Å². The molecule has 26 heavy (non-hydrogen) atoms. The molecule has 1 heterocycles. The lowest BCUT2D eigenvalue weighted by Gasteiger charge is -2.37. The van der Waals surface area contributed by atoms with Gasteiger partial charge in [-0.05, 0) is 36.8 Å². The second-order valence-corrected chi connectivity index (χ2v) is 6.99. The summed E-state index contributed by atoms with van der Waals surface area (Å²) >= 11 is 6.24. The third kappa shape index (κ3) is 4.81. The fourth-order valence-corrected chi connectivity index (χ4v) is 3.35. The first kappa shape index (κ1) is 18.8. The van der Waals surface area contributed by atoms with Gasteiger partial charge in [-0.3, -0.25) is 14.6 Å². The maximum absolute atomic E-state index is 13.2. The van der Waals surface area contributed by atoms with Crippen molar-refractivity contribution >= 4 is 23.2 Å². The first-order valence-corrected chi connectivity index (χ1v) is 9.17. The summed E-state index contributed by atoms with van der Waals surface area (Å²) in [6.07, 6.45) is 0. The first-order valence-electron chi connectivity index (χ1n) is 8.79. The quantitative estimate of drug-likeness (QED) is 0.866. The van der Waals surface area contributed by atoms with Gasteiger partial charge in [-0.25, -0.2) is 4.39 Å². The summed E-state index contributed by atoms with van der Waals surface area (Å²) < 4.78 is 13.2. The summed E-state index contributed by atoms with van der Waals surface area (Å²) in [5, 5.41) is 3.58. The highest BCUT2D eigenvalue weighted by Gasteiger charge is 2.25. The highest BCUT2D eigenvalue weighted by molar-refractivity contribution is 6.31. The Kier molecular flexibility index (Phi) is 6.25. The molecule has 3 rings (SSSR count). The van der Waals surface area contributed by atoms with Gasteiger partial charge in [0.05, 0.1) is 6.04 Å². The molecule has 4 nitrogen and oxygen atoms in total. The fourth-order valence-electron chi connectivity index (χ4n) is 3.16. The molecule has 0 aromatic heterocycles. The van der Waals surface area contributed by atoms with Gasteiger partial charge in [0.15, 0.2) is 0 Å².